The van der Waals surface area contributed by atoms with E-state index in [1.807, 2.05) is 25.1 Å². The standard InChI is InChI=1S/C19H17ClFNO3/c1-12-4-3-5-15(10-12)22-19(24)13(2)25-18(23)9-7-14-6-8-17(21)16(20)11-14/h3-11,13H,1-2H3,(H,22,24)/b9-7+/t13-/m0/s1. The molecule has 0 radical (unpaired) electrons. The first kappa shape index (κ1) is 18.7. The lowest BCUT2D eigenvalue weighted by Crippen LogP contribution is -2.29. The highest BCUT2D eigenvalue weighted by molar-refractivity contribution is 6.30. The zero-order chi connectivity index (χ0) is 18.4. The number of aryl methyl sites for hydroxylation is 1. The van der Waals surface area contributed by atoms with Crippen molar-refractivity contribution in [2.45, 2.75) is 20.0 Å². The number of rotatable bonds is 5. The Morgan fingerprint density at radius 1 is 1.24 bits per heavy atom. The molecule has 2 aromatic carbocycles. The third kappa shape index (κ3) is 5.72. The number of carbonyl (C=O) groups is 2. The van der Waals surface area contributed by atoms with Crippen molar-refractivity contribution in [3.63, 3.8) is 0 Å². The quantitative estimate of drug-likeness (QED) is 0.635. The zero-order valence-electron chi connectivity index (χ0n) is 13.8. The Labute approximate surface area is 150 Å². The minimum Gasteiger partial charge on any atom is -0.449 e. The third-order valence-electron chi connectivity index (χ3n) is 3.30. The van der Waals surface area contributed by atoms with Gasteiger partial charge in [-0.15, -0.1) is 0 Å². The summed E-state index contributed by atoms with van der Waals surface area (Å²) >= 11 is 5.67. The summed E-state index contributed by atoms with van der Waals surface area (Å²) in [6, 6.07) is 11.3. The van der Waals surface area contributed by atoms with Gasteiger partial charge in [-0.1, -0.05) is 29.8 Å². The predicted molar refractivity (Wildman–Crippen MR) is 95.8 cm³/mol. The molecule has 2 rings (SSSR count). The molecule has 0 saturated carbocycles. The molecule has 0 aliphatic carbocycles. The van der Waals surface area contributed by atoms with Gasteiger partial charge in [0.25, 0.3) is 5.91 Å². The molecule has 0 aromatic heterocycles. The fourth-order valence-electron chi connectivity index (χ4n) is 2.01. The number of esters is 1. The molecule has 1 amide bonds. The fraction of sp³-hybridized carbons (Fsp3) is 0.158. The molecule has 0 unspecified atom stereocenters. The van der Waals surface area contributed by atoms with E-state index in [2.05, 4.69) is 5.32 Å². The normalized spacial score (nSPS) is 12.0. The lowest BCUT2D eigenvalue weighted by atomic mass is 10.2. The molecule has 0 bridgehead atoms. The van der Waals surface area contributed by atoms with Crippen LogP contribution in [0.2, 0.25) is 5.02 Å². The lowest BCUT2D eigenvalue weighted by molar-refractivity contribution is -0.148. The summed E-state index contributed by atoms with van der Waals surface area (Å²) in [5.41, 5.74) is 2.17. The number of carbonyl (C=O) groups excluding carboxylic acids is 2. The number of benzene rings is 2. The molecule has 2 aromatic rings. The van der Waals surface area contributed by atoms with Crippen molar-refractivity contribution in [2.75, 3.05) is 5.32 Å². The molecule has 130 valence electrons. The number of ether oxygens (including phenoxy) is 1. The molecule has 1 atom stereocenters. The molecule has 0 fully saturated rings. The average Bonchev–Trinajstić information content (AvgIpc) is 2.56. The highest BCUT2D eigenvalue weighted by Crippen LogP contribution is 2.17. The number of anilines is 1. The van der Waals surface area contributed by atoms with Crippen molar-refractivity contribution in [1.82, 2.24) is 0 Å². The van der Waals surface area contributed by atoms with Crippen molar-refractivity contribution < 1.29 is 18.7 Å². The van der Waals surface area contributed by atoms with Gasteiger partial charge in [0.2, 0.25) is 0 Å². The average molecular weight is 362 g/mol. The van der Waals surface area contributed by atoms with Gasteiger partial charge in [0, 0.05) is 11.8 Å². The first-order valence-electron chi connectivity index (χ1n) is 7.56. The van der Waals surface area contributed by atoms with E-state index in [-0.39, 0.29) is 5.02 Å². The maximum atomic E-state index is 13.1. The minimum atomic E-state index is -0.963. The highest BCUT2D eigenvalue weighted by atomic mass is 35.5. The Morgan fingerprint density at radius 3 is 2.68 bits per heavy atom. The Morgan fingerprint density at radius 2 is 2.00 bits per heavy atom. The van der Waals surface area contributed by atoms with Crippen molar-refractivity contribution in [3.05, 3.63) is 70.5 Å². The van der Waals surface area contributed by atoms with Crippen LogP contribution in [0.3, 0.4) is 0 Å². The summed E-state index contributed by atoms with van der Waals surface area (Å²) in [5.74, 6) is -1.66. The van der Waals surface area contributed by atoms with Crippen LogP contribution in [-0.2, 0) is 14.3 Å². The molecule has 6 heteroatoms. The van der Waals surface area contributed by atoms with Crippen LogP contribution in [0.1, 0.15) is 18.1 Å². The number of nitrogens with one attached hydrogen (secondary N) is 1. The van der Waals surface area contributed by atoms with Gasteiger partial charge in [-0.05, 0) is 55.3 Å². The molecule has 0 heterocycles. The van der Waals surface area contributed by atoms with Crippen LogP contribution in [0.25, 0.3) is 6.08 Å². The molecular weight excluding hydrogens is 345 g/mol. The lowest BCUT2D eigenvalue weighted by Gasteiger charge is -2.12. The second-order valence-electron chi connectivity index (χ2n) is 5.44. The molecule has 1 N–H and O–H groups in total. The number of hydrogen-bond donors (Lipinski definition) is 1. The Hall–Kier alpha value is -2.66. The summed E-state index contributed by atoms with van der Waals surface area (Å²) in [6.07, 6.45) is 1.62. The van der Waals surface area contributed by atoms with E-state index in [1.165, 1.54) is 31.2 Å². The first-order valence-corrected chi connectivity index (χ1v) is 7.94. The monoisotopic (exact) mass is 361 g/mol. The van der Waals surface area contributed by atoms with Gasteiger partial charge < -0.3 is 10.1 Å². The van der Waals surface area contributed by atoms with E-state index in [0.717, 1.165) is 11.6 Å². The predicted octanol–water partition coefficient (Wildman–Crippen LogP) is 4.37. The van der Waals surface area contributed by atoms with Crippen LogP contribution in [0.5, 0.6) is 0 Å². The second kappa shape index (κ2) is 8.44. The van der Waals surface area contributed by atoms with Crippen LogP contribution >= 0.6 is 11.6 Å². The summed E-state index contributed by atoms with van der Waals surface area (Å²) in [7, 11) is 0. The van der Waals surface area contributed by atoms with Gasteiger partial charge in [0.1, 0.15) is 5.82 Å². The minimum absolute atomic E-state index is 0.0404. The van der Waals surface area contributed by atoms with Gasteiger partial charge in [-0.2, -0.15) is 0 Å². The molecule has 0 spiro atoms. The van der Waals surface area contributed by atoms with E-state index in [1.54, 1.807) is 6.07 Å². The van der Waals surface area contributed by atoms with Gasteiger partial charge in [-0.25, -0.2) is 9.18 Å². The largest absolute Gasteiger partial charge is 0.449 e. The molecule has 25 heavy (non-hydrogen) atoms. The second-order valence-corrected chi connectivity index (χ2v) is 5.85. The SMILES string of the molecule is Cc1cccc(NC(=O)[C@H](C)OC(=O)/C=C/c2ccc(F)c(Cl)c2)c1. The van der Waals surface area contributed by atoms with Gasteiger partial charge in [0.15, 0.2) is 6.10 Å². The van der Waals surface area contributed by atoms with Crippen LogP contribution in [0.4, 0.5) is 10.1 Å². The fourth-order valence-corrected chi connectivity index (χ4v) is 2.20. The number of amides is 1. The maximum Gasteiger partial charge on any atom is 0.331 e. The zero-order valence-corrected chi connectivity index (χ0v) is 14.5. The summed E-state index contributed by atoms with van der Waals surface area (Å²) in [6.45, 7) is 3.39. The van der Waals surface area contributed by atoms with Crippen LogP contribution in [-0.4, -0.2) is 18.0 Å². The maximum absolute atomic E-state index is 13.1. The smallest absolute Gasteiger partial charge is 0.331 e. The van der Waals surface area contributed by atoms with Crippen molar-refractivity contribution >= 4 is 35.2 Å². The Balaban J connectivity index is 1.91. The van der Waals surface area contributed by atoms with Crippen molar-refractivity contribution in [3.8, 4) is 0 Å². The Kier molecular flexibility index (Phi) is 6.31. The molecule has 0 aliphatic rings. The topological polar surface area (TPSA) is 55.4 Å². The summed E-state index contributed by atoms with van der Waals surface area (Å²) in [4.78, 5) is 23.8. The van der Waals surface area contributed by atoms with Crippen molar-refractivity contribution in [2.24, 2.45) is 0 Å². The van der Waals surface area contributed by atoms with E-state index in [9.17, 15) is 14.0 Å². The van der Waals surface area contributed by atoms with E-state index in [0.29, 0.717) is 11.3 Å². The van der Waals surface area contributed by atoms with E-state index in [4.69, 9.17) is 16.3 Å². The summed E-state index contributed by atoms with van der Waals surface area (Å²) in [5, 5.41) is 2.64. The van der Waals surface area contributed by atoms with Crippen molar-refractivity contribution in [1.29, 1.82) is 0 Å². The molecule has 0 saturated heterocycles. The van der Waals surface area contributed by atoms with E-state index < -0.39 is 23.8 Å². The highest BCUT2D eigenvalue weighted by Gasteiger charge is 2.16. The van der Waals surface area contributed by atoms with Gasteiger partial charge >= 0.3 is 5.97 Å². The molecular formula is C19H17ClFNO3. The Bertz CT molecular complexity index is 820. The van der Waals surface area contributed by atoms with Gasteiger partial charge in [0.05, 0.1) is 5.02 Å². The third-order valence-corrected chi connectivity index (χ3v) is 3.59. The first-order chi connectivity index (χ1) is 11.8. The van der Waals surface area contributed by atoms with Crippen LogP contribution in [0, 0.1) is 12.7 Å². The number of halogens is 2. The summed E-state index contributed by atoms with van der Waals surface area (Å²) < 4.78 is 18.1. The van der Waals surface area contributed by atoms with E-state index >= 15 is 0 Å². The van der Waals surface area contributed by atoms with Crippen LogP contribution < -0.4 is 5.32 Å². The van der Waals surface area contributed by atoms with Crippen LogP contribution in [0.15, 0.2) is 48.5 Å². The molecule has 0 aliphatic heterocycles. The molecule has 4 nitrogen and oxygen atoms in total. The van der Waals surface area contributed by atoms with Gasteiger partial charge in [-0.3, -0.25) is 4.79 Å². The number of hydrogen-bond acceptors (Lipinski definition) is 3.